The zero-order valence-electron chi connectivity index (χ0n) is 18.3. The van der Waals surface area contributed by atoms with Crippen molar-refractivity contribution in [2.45, 2.75) is 20.3 Å². The van der Waals surface area contributed by atoms with Crippen LogP contribution in [0.2, 0.25) is 0 Å². The minimum absolute atomic E-state index is 0.0404. The van der Waals surface area contributed by atoms with Gasteiger partial charge >= 0.3 is 0 Å². The maximum Gasteiger partial charge on any atom is 0.299 e. The van der Waals surface area contributed by atoms with Gasteiger partial charge in [-0.25, -0.2) is 5.43 Å². The van der Waals surface area contributed by atoms with Crippen molar-refractivity contribution in [2.24, 2.45) is 5.10 Å². The number of nitrogens with zero attached hydrogens (tertiary/aromatic N) is 2. The number of ether oxygens (including phenoxy) is 3. The molecule has 2 aromatic carbocycles. The Morgan fingerprint density at radius 1 is 1.06 bits per heavy atom. The fourth-order valence-electron chi connectivity index (χ4n) is 2.85. The molecule has 0 aliphatic carbocycles. The Labute approximate surface area is 184 Å². The fraction of sp³-hybridized carbons (Fsp3) is 0.286. The molecule has 0 aliphatic heterocycles. The standard InChI is InChI=1S/C21H24N4O7/c1-12(23-24-21(27)14-9-15(30-3)11-16(10-14)31-4)8-19(26)22-17-6-7-18(32-5)13(2)20(17)25(28)29/h6-7,9-11H,8H2,1-5H3,(H,22,26)(H,24,27)/b23-12-. The summed E-state index contributed by atoms with van der Waals surface area (Å²) >= 11 is 0. The van der Waals surface area contributed by atoms with E-state index >= 15 is 0 Å². The average molecular weight is 444 g/mol. The molecule has 0 heterocycles. The van der Waals surface area contributed by atoms with Crippen molar-refractivity contribution in [1.82, 2.24) is 5.43 Å². The van der Waals surface area contributed by atoms with Gasteiger partial charge in [0.25, 0.3) is 11.6 Å². The second kappa shape index (κ2) is 10.8. The van der Waals surface area contributed by atoms with E-state index in [4.69, 9.17) is 14.2 Å². The van der Waals surface area contributed by atoms with E-state index in [0.717, 1.165) is 0 Å². The Morgan fingerprint density at radius 2 is 1.69 bits per heavy atom. The Kier molecular flexibility index (Phi) is 8.11. The number of amides is 2. The zero-order chi connectivity index (χ0) is 23.8. The molecule has 0 atom stereocenters. The van der Waals surface area contributed by atoms with Crippen molar-refractivity contribution in [2.75, 3.05) is 26.6 Å². The molecule has 0 unspecified atom stereocenters. The Hall–Kier alpha value is -4.15. The lowest BCUT2D eigenvalue weighted by Crippen LogP contribution is -2.22. The molecule has 0 bridgehead atoms. The van der Waals surface area contributed by atoms with Crippen molar-refractivity contribution >= 4 is 28.9 Å². The Balaban J connectivity index is 2.08. The molecular formula is C21H24N4O7. The largest absolute Gasteiger partial charge is 0.497 e. The van der Waals surface area contributed by atoms with Gasteiger partial charge in [0.05, 0.1) is 38.2 Å². The number of methoxy groups -OCH3 is 3. The van der Waals surface area contributed by atoms with Crippen LogP contribution in [0.4, 0.5) is 11.4 Å². The van der Waals surface area contributed by atoms with Crippen LogP contribution in [0.3, 0.4) is 0 Å². The van der Waals surface area contributed by atoms with E-state index in [2.05, 4.69) is 15.8 Å². The molecule has 0 radical (unpaired) electrons. The molecule has 2 amide bonds. The SMILES string of the molecule is COc1cc(OC)cc(C(=O)N/N=C(/C)CC(=O)Nc2ccc(OC)c(C)c2[N+](=O)[O-])c1. The predicted octanol–water partition coefficient (Wildman–Crippen LogP) is 3.06. The van der Waals surface area contributed by atoms with Crippen LogP contribution in [0.5, 0.6) is 17.2 Å². The van der Waals surface area contributed by atoms with E-state index in [-0.39, 0.29) is 23.4 Å². The normalized spacial score (nSPS) is 10.8. The number of carbonyl (C=O) groups excluding carboxylic acids is 2. The summed E-state index contributed by atoms with van der Waals surface area (Å²) in [7, 11) is 4.33. The fourth-order valence-corrected chi connectivity index (χ4v) is 2.85. The molecule has 0 fully saturated rings. The third-order valence-electron chi connectivity index (χ3n) is 4.44. The van der Waals surface area contributed by atoms with Crippen LogP contribution in [-0.4, -0.2) is 43.8 Å². The molecule has 0 aromatic heterocycles. The first-order valence-corrected chi connectivity index (χ1v) is 9.38. The third-order valence-corrected chi connectivity index (χ3v) is 4.44. The zero-order valence-corrected chi connectivity index (χ0v) is 18.3. The number of rotatable bonds is 9. The highest BCUT2D eigenvalue weighted by Gasteiger charge is 2.22. The quantitative estimate of drug-likeness (QED) is 0.344. The van der Waals surface area contributed by atoms with E-state index in [1.54, 1.807) is 13.0 Å². The van der Waals surface area contributed by atoms with Gasteiger partial charge in [-0.2, -0.15) is 5.10 Å². The van der Waals surface area contributed by atoms with Gasteiger partial charge in [-0.1, -0.05) is 0 Å². The molecule has 2 rings (SSSR count). The highest BCUT2D eigenvalue weighted by molar-refractivity contribution is 6.07. The number of nitrogens with one attached hydrogen (secondary N) is 2. The number of anilines is 1. The van der Waals surface area contributed by atoms with Crippen LogP contribution in [-0.2, 0) is 4.79 Å². The summed E-state index contributed by atoms with van der Waals surface area (Å²) in [5.74, 6) is 0.154. The van der Waals surface area contributed by atoms with Gasteiger partial charge < -0.3 is 19.5 Å². The monoisotopic (exact) mass is 444 g/mol. The average Bonchev–Trinajstić information content (AvgIpc) is 2.76. The summed E-state index contributed by atoms with van der Waals surface area (Å²) in [5.41, 5.74) is 2.98. The highest BCUT2D eigenvalue weighted by Crippen LogP contribution is 2.34. The number of benzene rings is 2. The summed E-state index contributed by atoms with van der Waals surface area (Å²) in [4.78, 5) is 35.6. The molecule has 0 aliphatic rings. The van der Waals surface area contributed by atoms with Gasteiger partial charge in [0.1, 0.15) is 22.9 Å². The van der Waals surface area contributed by atoms with Gasteiger partial charge in [0.2, 0.25) is 5.91 Å². The van der Waals surface area contributed by atoms with Crippen molar-refractivity contribution in [3.05, 3.63) is 51.6 Å². The highest BCUT2D eigenvalue weighted by atomic mass is 16.6. The number of hydrazone groups is 1. The van der Waals surface area contributed by atoms with Crippen molar-refractivity contribution in [1.29, 1.82) is 0 Å². The molecule has 0 saturated heterocycles. The minimum atomic E-state index is -0.586. The predicted molar refractivity (Wildman–Crippen MR) is 118 cm³/mol. The smallest absolute Gasteiger partial charge is 0.299 e. The van der Waals surface area contributed by atoms with Crippen molar-refractivity contribution in [3.63, 3.8) is 0 Å². The van der Waals surface area contributed by atoms with Crippen molar-refractivity contribution < 1.29 is 28.7 Å². The van der Waals surface area contributed by atoms with E-state index in [9.17, 15) is 19.7 Å². The molecular weight excluding hydrogens is 420 g/mol. The molecule has 11 heteroatoms. The second-order valence-electron chi connectivity index (χ2n) is 6.66. The molecule has 0 saturated carbocycles. The summed E-state index contributed by atoms with van der Waals surface area (Å²) in [6.45, 7) is 3.07. The number of carbonyl (C=O) groups is 2. The van der Waals surface area contributed by atoms with Gasteiger partial charge in [0.15, 0.2) is 0 Å². The van der Waals surface area contributed by atoms with Crippen LogP contribution in [0.25, 0.3) is 0 Å². The molecule has 32 heavy (non-hydrogen) atoms. The van der Waals surface area contributed by atoms with E-state index < -0.39 is 16.7 Å². The number of hydrogen-bond acceptors (Lipinski definition) is 8. The van der Waals surface area contributed by atoms with E-state index in [0.29, 0.717) is 28.5 Å². The Morgan fingerprint density at radius 3 is 2.22 bits per heavy atom. The summed E-state index contributed by atoms with van der Waals surface area (Å²) in [6, 6.07) is 7.57. The van der Waals surface area contributed by atoms with Crippen LogP contribution in [0.1, 0.15) is 29.3 Å². The summed E-state index contributed by atoms with van der Waals surface area (Å²) in [6.07, 6.45) is -0.191. The molecule has 2 aromatic rings. The molecule has 2 N–H and O–H groups in total. The minimum Gasteiger partial charge on any atom is -0.497 e. The first kappa shape index (κ1) is 24.1. The second-order valence-corrected chi connectivity index (χ2v) is 6.66. The maximum absolute atomic E-state index is 12.4. The van der Waals surface area contributed by atoms with Gasteiger partial charge in [0, 0.05) is 17.3 Å². The van der Waals surface area contributed by atoms with Gasteiger partial charge in [-0.3, -0.25) is 19.7 Å². The third kappa shape index (κ3) is 5.94. The van der Waals surface area contributed by atoms with E-state index in [1.807, 2.05) is 0 Å². The van der Waals surface area contributed by atoms with Gasteiger partial charge in [-0.15, -0.1) is 0 Å². The van der Waals surface area contributed by atoms with Crippen LogP contribution < -0.4 is 25.0 Å². The lowest BCUT2D eigenvalue weighted by atomic mass is 10.1. The van der Waals surface area contributed by atoms with Gasteiger partial charge in [-0.05, 0) is 38.1 Å². The van der Waals surface area contributed by atoms with E-state index in [1.165, 1.54) is 52.5 Å². The maximum atomic E-state index is 12.4. The number of nitro benzene ring substituents is 1. The van der Waals surface area contributed by atoms with Crippen molar-refractivity contribution in [3.8, 4) is 17.2 Å². The lowest BCUT2D eigenvalue weighted by Gasteiger charge is -2.11. The van der Waals surface area contributed by atoms with Crippen LogP contribution in [0.15, 0.2) is 35.4 Å². The molecule has 0 spiro atoms. The molecule has 170 valence electrons. The number of hydrogen-bond donors (Lipinski definition) is 2. The first-order valence-electron chi connectivity index (χ1n) is 9.38. The summed E-state index contributed by atoms with van der Waals surface area (Å²) in [5, 5.41) is 17.8. The first-order chi connectivity index (χ1) is 15.2. The number of nitro groups is 1. The lowest BCUT2D eigenvalue weighted by molar-refractivity contribution is -0.384. The summed E-state index contributed by atoms with van der Waals surface area (Å²) < 4.78 is 15.3. The van der Waals surface area contributed by atoms with Crippen LogP contribution in [0, 0.1) is 17.0 Å². The van der Waals surface area contributed by atoms with Crippen LogP contribution >= 0.6 is 0 Å². The Bertz CT molecular complexity index is 1040. The molecule has 11 nitrogen and oxygen atoms in total. The topological polar surface area (TPSA) is 141 Å².